The lowest BCUT2D eigenvalue weighted by molar-refractivity contribution is -0.384. The first-order valence-corrected chi connectivity index (χ1v) is 9.47. The van der Waals surface area contributed by atoms with E-state index < -0.39 is 4.92 Å². The second kappa shape index (κ2) is 7.83. The standard InChI is InChI=1S/C23H17N3O5/c1-14-12-17(26(30)31)10-11-20(14)24-21(27)13-15-6-8-16(9-7-15)25-22(28)18-4-2-3-5-19(18)23(25)29/h2-12H,13H2,1H3,(H,24,27). The van der Waals surface area contributed by atoms with E-state index in [0.717, 1.165) is 4.90 Å². The van der Waals surface area contributed by atoms with Gasteiger partial charge in [-0.1, -0.05) is 24.3 Å². The fourth-order valence-electron chi connectivity index (χ4n) is 3.47. The summed E-state index contributed by atoms with van der Waals surface area (Å²) in [6, 6.07) is 17.5. The largest absolute Gasteiger partial charge is 0.326 e. The summed E-state index contributed by atoms with van der Waals surface area (Å²) in [6.45, 7) is 1.68. The topological polar surface area (TPSA) is 110 Å². The minimum absolute atomic E-state index is 0.0424. The molecular formula is C23H17N3O5. The molecule has 154 valence electrons. The molecule has 31 heavy (non-hydrogen) atoms. The number of imide groups is 1. The van der Waals surface area contributed by atoms with Crippen molar-refractivity contribution in [1.29, 1.82) is 0 Å². The van der Waals surface area contributed by atoms with Crippen molar-refractivity contribution in [2.24, 2.45) is 0 Å². The van der Waals surface area contributed by atoms with Crippen LogP contribution in [0.15, 0.2) is 66.7 Å². The van der Waals surface area contributed by atoms with Gasteiger partial charge < -0.3 is 5.32 Å². The van der Waals surface area contributed by atoms with Gasteiger partial charge in [0.15, 0.2) is 0 Å². The van der Waals surface area contributed by atoms with Crippen LogP contribution < -0.4 is 10.2 Å². The zero-order valence-corrected chi connectivity index (χ0v) is 16.5. The van der Waals surface area contributed by atoms with Crippen LogP contribution in [0.4, 0.5) is 17.1 Å². The number of anilines is 2. The fourth-order valence-corrected chi connectivity index (χ4v) is 3.47. The Morgan fingerprint density at radius 1 is 0.968 bits per heavy atom. The number of nitrogens with one attached hydrogen (secondary N) is 1. The third-order valence-electron chi connectivity index (χ3n) is 5.05. The number of aryl methyl sites for hydroxylation is 1. The monoisotopic (exact) mass is 415 g/mol. The molecule has 8 heteroatoms. The Hall–Kier alpha value is -4.33. The minimum atomic E-state index is -0.492. The third kappa shape index (κ3) is 3.78. The number of rotatable bonds is 5. The van der Waals surface area contributed by atoms with Crippen LogP contribution in [0.25, 0.3) is 0 Å². The van der Waals surface area contributed by atoms with Gasteiger partial charge in [-0.3, -0.25) is 24.5 Å². The highest BCUT2D eigenvalue weighted by atomic mass is 16.6. The Morgan fingerprint density at radius 3 is 2.13 bits per heavy atom. The maximum atomic E-state index is 12.6. The molecule has 0 radical (unpaired) electrons. The molecule has 0 spiro atoms. The molecule has 1 heterocycles. The van der Waals surface area contributed by atoms with Crippen molar-refractivity contribution < 1.29 is 19.3 Å². The van der Waals surface area contributed by atoms with Gasteiger partial charge in [0, 0.05) is 17.8 Å². The molecule has 0 atom stereocenters. The van der Waals surface area contributed by atoms with Crippen molar-refractivity contribution in [1.82, 2.24) is 0 Å². The molecule has 8 nitrogen and oxygen atoms in total. The zero-order valence-electron chi connectivity index (χ0n) is 16.5. The van der Waals surface area contributed by atoms with E-state index in [0.29, 0.717) is 33.6 Å². The first-order chi connectivity index (χ1) is 14.8. The van der Waals surface area contributed by atoms with E-state index in [1.54, 1.807) is 55.5 Å². The van der Waals surface area contributed by atoms with Gasteiger partial charge >= 0.3 is 0 Å². The molecule has 4 rings (SSSR count). The number of nitro benzene ring substituents is 1. The van der Waals surface area contributed by atoms with Gasteiger partial charge in [-0.15, -0.1) is 0 Å². The average molecular weight is 415 g/mol. The van der Waals surface area contributed by atoms with E-state index >= 15 is 0 Å². The molecular weight excluding hydrogens is 398 g/mol. The first-order valence-electron chi connectivity index (χ1n) is 9.47. The molecule has 0 bridgehead atoms. The molecule has 0 fully saturated rings. The molecule has 0 aliphatic carbocycles. The lowest BCUT2D eigenvalue weighted by Crippen LogP contribution is -2.29. The van der Waals surface area contributed by atoms with Crippen LogP contribution in [0.5, 0.6) is 0 Å². The Morgan fingerprint density at radius 2 is 1.58 bits per heavy atom. The number of nitro groups is 1. The number of hydrogen-bond acceptors (Lipinski definition) is 5. The van der Waals surface area contributed by atoms with E-state index in [9.17, 15) is 24.5 Å². The summed E-state index contributed by atoms with van der Waals surface area (Å²) in [5, 5.41) is 13.6. The molecule has 1 aliphatic rings. The van der Waals surface area contributed by atoms with Crippen molar-refractivity contribution in [2.75, 3.05) is 10.2 Å². The number of hydrogen-bond donors (Lipinski definition) is 1. The zero-order chi connectivity index (χ0) is 22.1. The second-order valence-corrected chi connectivity index (χ2v) is 7.14. The molecule has 1 aliphatic heterocycles. The van der Waals surface area contributed by atoms with Crippen LogP contribution in [0, 0.1) is 17.0 Å². The Bertz CT molecular complexity index is 1200. The maximum absolute atomic E-state index is 12.6. The Kier molecular flexibility index (Phi) is 5.04. The number of benzene rings is 3. The highest BCUT2D eigenvalue weighted by Crippen LogP contribution is 2.28. The summed E-state index contributed by atoms with van der Waals surface area (Å²) in [5.74, 6) is -1.04. The molecule has 0 unspecified atom stereocenters. The summed E-state index contributed by atoms with van der Waals surface area (Å²) in [4.78, 5) is 49.0. The van der Waals surface area contributed by atoms with E-state index in [-0.39, 0.29) is 29.8 Å². The van der Waals surface area contributed by atoms with E-state index in [1.165, 1.54) is 18.2 Å². The Balaban J connectivity index is 1.45. The highest BCUT2D eigenvalue weighted by Gasteiger charge is 2.36. The molecule has 3 amide bonds. The maximum Gasteiger partial charge on any atom is 0.269 e. The van der Waals surface area contributed by atoms with Gasteiger partial charge in [0.25, 0.3) is 17.5 Å². The van der Waals surface area contributed by atoms with Gasteiger partial charge in [-0.2, -0.15) is 0 Å². The fraction of sp³-hybridized carbons (Fsp3) is 0.0870. The van der Waals surface area contributed by atoms with E-state index in [2.05, 4.69) is 5.32 Å². The highest BCUT2D eigenvalue weighted by molar-refractivity contribution is 6.34. The number of nitrogens with zero attached hydrogens (tertiary/aromatic N) is 2. The predicted octanol–water partition coefficient (Wildman–Crippen LogP) is 3.89. The normalized spacial score (nSPS) is 12.6. The summed E-state index contributed by atoms with van der Waals surface area (Å²) < 4.78 is 0. The molecule has 0 saturated heterocycles. The van der Waals surface area contributed by atoms with Crippen molar-refractivity contribution in [2.45, 2.75) is 13.3 Å². The lowest BCUT2D eigenvalue weighted by Gasteiger charge is -2.14. The molecule has 3 aromatic rings. The smallest absolute Gasteiger partial charge is 0.269 e. The van der Waals surface area contributed by atoms with E-state index in [4.69, 9.17) is 0 Å². The van der Waals surface area contributed by atoms with Gasteiger partial charge in [0.05, 0.1) is 28.2 Å². The minimum Gasteiger partial charge on any atom is -0.326 e. The summed E-state index contributed by atoms with van der Waals surface area (Å²) >= 11 is 0. The number of carbonyl (C=O) groups excluding carboxylic acids is 3. The third-order valence-corrected chi connectivity index (χ3v) is 5.05. The lowest BCUT2D eigenvalue weighted by atomic mass is 10.1. The first kappa shape index (κ1) is 20.0. The quantitative estimate of drug-likeness (QED) is 0.386. The van der Waals surface area contributed by atoms with Crippen LogP contribution in [-0.4, -0.2) is 22.6 Å². The van der Waals surface area contributed by atoms with Crippen LogP contribution in [0.2, 0.25) is 0 Å². The predicted molar refractivity (Wildman–Crippen MR) is 114 cm³/mol. The number of amides is 3. The van der Waals surface area contributed by atoms with Gasteiger partial charge in [-0.05, 0) is 48.4 Å². The average Bonchev–Trinajstić information content (AvgIpc) is 3.00. The van der Waals surface area contributed by atoms with Crippen LogP contribution in [0.1, 0.15) is 31.8 Å². The molecule has 0 aromatic heterocycles. The van der Waals surface area contributed by atoms with Gasteiger partial charge in [0.2, 0.25) is 5.91 Å². The van der Waals surface area contributed by atoms with Crippen molar-refractivity contribution in [3.8, 4) is 0 Å². The van der Waals surface area contributed by atoms with Crippen molar-refractivity contribution in [3.05, 3.63) is 99.1 Å². The van der Waals surface area contributed by atoms with Gasteiger partial charge in [-0.25, -0.2) is 4.90 Å². The number of carbonyl (C=O) groups is 3. The van der Waals surface area contributed by atoms with Crippen molar-refractivity contribution >= 4 is 34.8 Å². The molecule has 0 saturated carbocycles. The van der Waals surface area contributed by atoms with Crippen LogP contribution >= 0.6 is 0 Å². The Labute approximate surface area is 177 Å². The second-order valence-electron chi connectivity index (χ2n) is 7.14. The SMILES string of the molecule is Cc1cc([N+](=O)[O-])ccc1NC(=O)Cc1ccc(N2C(=O)c3ccccc3C2=O)cc1. The summed E-state index contributed by atoms with van der Waals surface area (Å²) in [5.41, 5.74) is 2.91. The molecule has 3 aromatic carbocycles. The van der Waals surface area contributed by atoms with E-state index in [1.807, 2.05) is 0 Å². The van der Waals surface area contributed by atoms with Crippen molar-refractivity contribution in [3.63, 3.8) is 0 Å². The van der Waals surface area contributed by atoms with Crippen LogP contribution in [-0.2, 0) is 11.2 Å². The summed E-state index contributed by atoms with van der Waals surface area (Å²) in [6.07, 6.45) is 0.0683. The van der Waals surface area contributed by atoms with Gasteiger partial charge in [0.1, 0.15) is 0 Å². The number of non-ortho nitro benzene ring substituents is 1. The van der Waals surface area contributed by atoms with Crippen LogP contribution in [0.3, 0.4) is 0 Å². The number of fused-ring (bicyclic) bond motifs is 1. The summed E-state index contributed by atoms with van der Waals surface area (Å²) in [7, 11) is 0. The molecule has 1 N–H and O–H groups in total.